The Labute approximate surface area is 211 Å². The van der Waals surface area contributed by atoms with Crippen LogP contribution in [0.25, 0.3) is 0 Å². The zero-order chi connectivity index (χ0) is 19.1. The van der Waals surface area contributed by atoms with Crippen LogP contribution in [0.15, 0.2) is 29.2 Å². The molecule has 0 unspecified atom stereocenters. The number of benzene rings is 1. The minimum absolute atomic E-state index is 0. The van der Waals surface area contributed by atoms with Crippen molar-refractivity contribution in [2.24, 2.45) is 0 Å². The monoisotopic (exact) mass is 422 g/mol. The molecule has 1 rings (SSSR count). The van der Waals surface area contributed by atoms with Crippen LogP contribution in [0.3, 0.4) is 0 Å². The Morgan fingerprint density at radius 3 is 1.59 bits per heavy atom. The van der Waals surface area contributed by atoms with Crippen LogP contribution in [0.1, 0.15) is 104 Å². The third-order valence-corrected chi connectivity index (χ3v) is 6.00. The number of rotatable bonds is 16. The van der Waals surface area contributed by atoms with E-state index in [0.717, 1.165) is 18.4 Å². The molecular formula is C22H39KO3S. The van der Waals surface area contributed by atoms with E-state index in [1.165, 1.54) is 83.1 Å². The molecule has 0 aliphatic carbocycles. The van der Waals surface area contributed by atoms with E-state index >= 15 is 0 Å². The summed E-state index contributed by atoms with van der Waals surface area (Å²) in [6.45, 7) is 2.26. The second kappa shape index (κ2) is 17.6. The van der Waals surface area contributed by atoms with Gasteiger partial charge in [0.05, 0.1) is 4.90 Å². The summed E-state index contributed by atoms with van der Waals surface area (Å²) >= 11 is 0. The van der Waals surface area contributed by atoms with Crippen LogP contribution in [0.5, 0.6) is 0 Å². The van der Waals surface area contributed by atoms with Gasteiger partial charge in [0.15, 0.2) is 0 Å². The van der Waals surface area contributed by atoms with E-state index in [2.05, 4.69) is 6.92 Å². The van der Waals surface area contributed by atoms with E-state index in [9.17, 15) is 13.0 Å². The van der Waals surface area contributed by atoms with Gasteiger partial charge in [0.25, 0.3) is 10.1 Å². The molecule has 27 heavy (non-hydrogen) atoms. The van der Waals surface area contributed by atoms with Crippen LogP contribution in [0.4, 0.5) is 0 Å². The number of aryl methyl sites for hydroxylation is 1. The molecule has 152 valence electrons. The molecule has 1 aromatic rings. The van der Waals surface area contributed by atoms with Gasteiger partial charge in [-0.3, -0.25) is 4.55 Å². The quantitative estimate of drug-likeness (QED) is 0.248. The molecule has 0 heterocycles. The maximum absolute atomic E-state index is 11.4. The fraction of sp³-hybridized carbons (Fsp3) is 0.727. The summed E-state index contributed by atoms with van der Waals surface area (Å²) in [7, 11) is -4.10. The summed E-state index contributed by atoms with van der Waals surface area (Å²) in [5.74, 6) is 0. The van der Waals surface area contributed by atoms with Crippen molar-refractivity contribution in [1.29, 1.82) is 0 Å². The van der Waals surface area contributed by atoms with E-state index in [1.54, 1.807) is 12.1 Å². The fourth-order valence-electron chi connectivity index (χ4n) is 3.47. The molecule has 1 N–H and O–H groups in total. The molecule has 0 aliphatic heterocycles. The second-order valence-corrected chi connectivity index (χ2v) is 8.82. The Bertz CT molecular complexity index is 579. The van der Waals surface area contributed by atoms with Gasteiger partial charge in [0.1, 0.15) is 0 Å². The standard InChI is InChI=1S/C22H38O3S.K.H/c1-2-3-4-5-6-7-8-9-10-11-12-13-14-15-18-21-19-16-17-20-22(21)26(23,24)25;;/h16-17,19-20H,2-15,18H2,1H3,(H,23,24,25);;/q;+1;-1. The summed E-state index contributed by atoms with van der Waals surface area (Å²) in [6, 6.07) is 6.76. The maximum atomic E-state index is 11.4. The molecule has 0 saturated heterocycles. The Morgan fingerprint density at radius 2 is 1.15 bits per heavy atom. The Morgan fingerprint density at radius 1 is 0.741 bits per heavy atom. The van der Waals surface area contributed by atoms with Crippen LogP contribution >= 0.6 is 0 Å². The van der Waals surface area contributed by atoms with Crippen LogP contribution in [0, 0.1) is 0 Å². The molecular weight excluding hydrogens is 383 g/mol. The van der Waals surface area contributed by atoms with Crippen LogP contribution in [-0.4, -0.2) is 13.0 Å². The van der Waals surface area contributed by atoms with E-state index in [0.29, 0.717) is 6.42 Å². The Kier molecular flexibility index (Phi) is 18.1. The minimum atomic E-state index is -4.10. The number of unbranched alkanes of at least 4 members (excludes halogenated alkanes) is 13. The molecule has 0 atom stereocenters. The largest absolute Gasteiger partial charge is 1.00 e. The second-order valence-electron chi connectivity index (χ2n) is 7.43. The van der Waals surface area contributed by atoms with Crippen molar-refractivity contribution < 1.29 is 65.8 Å². The average molecular weight is 423 g/mol. The molecule has 0 spiro atoms. The number of hydrogen-bond donors (Lipinski definition) is 1. The first-order valence-corrected chi connectivity index (χ1v) is 12.0. The van der Waals surface area contributed by atoms with E-state index in [4.69, 9.17) is 0 Å². The predicted octanol–water partition coefficient (Wildman–Crippen LogP) is 4.07. The van der Waals surface area contributed by atoms with Crippen molar-refractivity contribution in [3.63, 3.8) is 0 Å². The van der Waals surface area contributed by atoms with Crippen molar-refractivity contribution in [1.82, 2.24) is 0 Å². The Balaban J connectivity index is 0. The molecule has 0 aliphatic rings. The van der Waals surface area contributed by atoms with Crippen molar-refractivity contribution in [3.8, 4) is 0 Å². The van der Waals surface area contributed by atoms with Gasteiger partial charge < -0.3 is 1.43 Å². The first-order valence-electron chi connectivity index (χ1n) is 10.6. The zero-order valence-corrected chi connectivity index (χ0v) is 21.5. The SMILES string of the molecule is CCCCCCCCCCCCCCCCc1ccccc1S(=O)(=O)O.[H-].[K+]. The summed E-state index contributed by atoms with van der Waals surface area (Å²) in [5, 5.41) is 0. The van der Waals surface area contributed by atoms with Gasteiger partial charge in [-0.15, -0.1) is 0 Å². The smallest absolute Gasteiger partial charge is 1.00 e. The molecule has 0 bridgehead atoms. The minimum Gasteiger partial charge on any atom is -1.00 e. The first kappa shape index (κ1) is 27.8. The summed E-state index contributed by atoms with van der Waals surface area (Å²) in [6.07, 6.45) is 19.1. The van der Waals surface area contributed by atoms with Gasteiger partial charge in [-0.1, -0.05) is 109 Å². The van der Waals surface area contributed by atoms with Crippen molar-refractivity contribution in [3.05, 3.63) is 29.8 Å². The van der Waals surface area contributed by atoms with Crippen LogP contribution in [-0.2, 0) is 16.5 Å². The summed E-state index contributed by atoms with van der Waals surface area (Å²) < 4.78 is 32.0. The van der Waals surface area contributed by atoms with Gasteiger partial charge in [-0.2, -0.15) is 8.42 Å². The van der Waals surface area contributed by atoms with Gasteiger partial charge >= 0.3 is 51.4 Å². The third kappa shape index (κ3) is 14.4. The molecule has 0 amide bonds. The maximum Gasteiger partial charge on any atom is 1.00 e. The molecule has 1 aromatic carbocycles. The van der Waals surface area contributed by atoms with E-state index < -0.39 is 10.1 Å². The fourth-order valence-corrected chi connectivity index (χ4v) is 4.22. The summed E-state index contributed by atoms with van der Waals surface area (Å²) in [4.78, 5) is 0.0645. The van der Waals surface area contributed by atoms with Gasteiger partial charge in [0, 0.05) is 0 Å². The third-order valence-electron chi connectivity index (χ3n) is 5.05. The van der Waals surface area contributed by atoms with Gasteiger partial charge in [-0.25, -0.2) is 0 Å². The molecule has 0 aromatic heterocycles. The molecule has 0 radical (unpaired) electrons. The van der Waals surface area contributed by atoms with Gasteiger partial charge in [-0.05, 0) is 24.5 Å². The average Bonchev–Trinajstić information content (AvgIpc) is 2.61. The Hall–Kier alpha value is 0.766. The van der Waals surface area contributed by atoms with Crippen molar-refractivity contribution in [2.45, 2.75) is 108 Å². The zero-order valence-electron chi connectivity index (χ0n) is 18.6. The van der Waals surface area contributed by atoms with E-state index in [-0.39, 0.29) is 57.7 Å². The topological polar surface area (TPSA) is 54.4 Å². The predicted molar refractivity (Wildman–Crippen MR) is 111 cm³/mol. The van der Waals surface area contributed by atoms with Gasteiger partial charge in [0.2, 0.25) is 0 Å². The molecule has 0 saturated carbocycles. The van der Waals surface area contributed by atoms with E-state index in [1.807, 2.05) is 6.07 Å². The molecule has 5 heteroatoms. The first-order chi connectivity index (χ1) is 12.6. The van der Waals surface area contributed by atoms with Crippen molar-refractivity contribution >= 4 is 10.1 Å². The van der Waals surface area contributed by atoms with Crippen LogP contribution in [0.2, 0.25) is 0 Å². The molecule has 3 nitrogen and oxygen atoms in total. The normalized spacial score (nSPS) is 11.3. The summed E-state index contributed by atoms with van der Waals surface area (Å²) in [5.41, 5.74) is 0.730. The number of hydrogen-bond acceptors (Lipinski definition) is 2. The molecule has 0 fully saturated rings. The van der Waals surface area contributed by atoms with Crippen molar-refractivity contribution in [2.75, 3.05) is 0 Å². The van der Waals surface area contributed by atoms with Crippen LogP contribution < -0.4 is 51.4 Å².